The molecule has 160 valence electrons. The smallest absolute Gasteiger partial charge is 0.333 e. The lowest BCUT2D eigenvalue weighted by molar-refractivity contribution is -0.159. The second kappa shape index (κ2) is 9.49. The number of aliphatic hydroxyl groups is 3. The Morgan fingerprint density at radius 1 is 1.10 bits per heavy atom. The molecule has 1 fully saturated rings. The highest BCUT2D eigenvalue weighted by atomic mass is 35.5. The second-order valence-electron chi connectivity index (χ2n) is 6.91. The standard InChI is InChI=1S/C22H23ClO7/c1-28-15-6-3-12(4-7-15)9-14-10-13(5-8-16(14)23)22-21(27)20(26)19(25)17(30-22)11-18(24)29-2/h3-8,10-11,19-22,25-27H,9H2,1-2H3/b17-11-/t19-,20+,21-,22+/m1/s1. The molecule has 8 heteroatoms. The van der Waals surface area contributed by atoms with E-state index < -0.39 is 30.4 Å². The van der Waals surface area contributed by atoms with E-state index in [1.807, 2.05) is 24.3 Å². The minimum Gasteiger partial charge on any atom is -0.497 e. The van der Waals surface area contributed by atoms with Crippen molar-refractivity contribution >= 4 is 17.6 Å². The molecule has 1 aliphatic rings. The van der Waals surface area contributed by atoms with Gasteiger partial charge in [-0.05, 0) is 41.3 Å². The SMILES string of the molecule is COC(=O)/C=C1\O[C@@H](c2ccc(Cl)c(Cc3ccc(OC)cc3)c2)[C@H](O)[C@@H](O)[C@@H]1O. The van der Waals surface area contributed by atoms with Crippen molar-refractivity contribution in [3.8, 4) is 5.75 Å². The van der Waals surface area contributed by atoms with E-state index in [0.29, 0.717) is 17.0 Å². The molecule has 1 saturated heterocycles. The van der Waals surface area contributed by atoms with Gasteiger partial charge in [-0.15, -0.1) is 0 Å². The van der Waals surface area contributed by atoms with Gasteiger partial charge in [0.25, 0.3) is 0 Å². The van der Waals surface area contributed by atoms with Crippen LogP contribution in [-0.4, -0.2) is 53.8 Å². The first-order valence-electron chi connectivity index (χ1n) is 9.25. The van der Waals surface area contributed by atoms with Gasteiger partial charge in [0.05, 0.1) is 20.3 Å². The van der Waals surface area contributed by atoms with Gasteiger partial charge < -0.3 is 29.5 Å². The molecule has 0 unspecified atom stereocenters. The van der Waals surface area contributed by atoms with Gasteiger partial charge >= 0.3 is 5.97 Å². The highest BCUT2D eigenvalue weighted by Crippen LogP contribution is 2.36. The van der Waals surface area contributed by atoms with E-state index in [1.54, 1.807) is 25.3 Å². The Bertz CT molecular complexity index is 926. The maximum absolute atomic E-state index is 11.5. The minimum absolute atomic E-state index is 0.184. The number of halogens is 1. The molecule has 7 nitrogen and oxygen atoms in total. The van der Waals surface area contributed by atoms with Crippen molar-refractivity contribution in [1.82, 2.24) is 0 Å². The molecule has 0 spiro atoms. The molecule has 4 atom stereocenters. The summed E-state index contributed by atoms with van der Waals surface area (Å²) in [5, 5.41) is 31.3. The molecular formula is C22H23ClO7. The van der Waals surface area contributed by atoms with Crippen molar-refractivity contribution in [2.45, 2.75) is 30.8 Å². The van der Waals surface area contributed by atoms with Crippen LogP contribution < -0.4 is 4.74 Å². The number of hydrogen-bond donors (Lipinski definition) is 3. The molecule has 0 bridgehead atoms. The van der Waals surface area contributed by atoms with Crippen LogP contribution in [0.5, 0.6) is 5.75 Å². The normalized spacial score (nSPS) is 24.9. The van der Waals surface area contributed by atoms with Crippen LogP contribution in [-0.2, 0) is 20.7 Å². The van der Waals surface area contributed by atoms with Gasteiger partial charge in [-0.1, -0.05) is 35.9 Å². The fourth-order valence-electron chi connectivity index (χ4n) is 3.25. The first-order chi connectivity index (χ1) is 14.3. The van der Waals surface area contributed by atoms with Crippen molar-refractivity contribution in [1.29, 1.82) is 0 Å². The van der Waals surface area contributed by atoms with Gasteiger partial charge in [-0.25, -0.2) is 4.79 Å². The Labute approximate surface area is 179 Å². The summed E-state index contributed by atoms with van der Waals surface area (Å²) in [5.74, 6) is -0.186. The van der Waals surface area contributed by atoms with E-state index in [0.717, 1.165) is 23.0 Å². The fraction of sp³-hybridized carbons (Fsp3) is 0.318. The van der Waals surface area contributed by atoms with Gasteiger partial charge in [0.2, 0.25) is 0 Å². The lowest BCUT2D eigenvalue weighted by Gasteiger charge is -2.37. The van der Waals surface area contributed by atoms with Crippen molar-refractivity contribution in [2.75, 3.05) is 14.2 Å². The van der Waals surface area contributed by atoms with Gasteiger partial charge in [-0.3, -0.25) is 0 Å². The summed E-state index contributed by atoms with van der Waals surface area (Å²) in [6.07, 6.45) is -4.05. The van der Waals surface area contributed by atoms with Gasteiger partial charge in [0, 0.05) is 5.02 Å². The summed E-state index contributed by atoms with van der Waals surface area (Å²) in [5.41, 5.74) is 2.33. The predicted octanol–water partition coefficient (Wildman–Crippen LogP) is 2.15. The van der Waals surface area contributed by atoms with Crippen LogP contribution in [0.1, 0.15) is 22.8 Å². The fourth-order valence-corrected chi connectivity index (χ4v) is 3.43. The summed E-state index contributed by atoms with van der Waals surface area (Å²) in [6, 6.07) is 12.6. The van der Waals surface area contributed by atoms with Crippen molar-refractivity contribution < 1.29 is 34.3 Å². The molecule has 0 aromatic heterocycles. The number of aliphatic hydroxyl groups excluding tert-OH is 3. The summed E-state index contributed by atoms with van der Waals surface area (Å²) in [6.45, 7) is 0. The molecule has 3 rings (SSSR count). The number of methoxy groups -OCH3 is 2. The van der Waals surface area contributed by atoms with E-state index in [-0.39, 0.29) is 5.76 Å². The molecule has 0 aliphatic carbocycles. The average molecular weight is 435 g/mol. The monoisotopic (exact) mass is 434 g/mol. The van der Waals surface area contributed by atoms with E-state index in [4.69, 9.17) is 21.1 Å². The van der Waals surface area contributed by atoms with E-state index >= 15 is 0 Å². The van der Waals surface area contributed by atoms with Crippen molar-refractivity contribution in [3.05, 3.63) is 76.0 Å². The zero-order valence-corrected chi connectivity index (χ0v) is 17.2. The molecule has 3 N–H and O–H groups in total. The highest BCUT2D eigenvalue weighted by molar-refractivity contribution is 6.31. The van der Waals surface area contributed by atoms with Crippen LogP contribution in [0.2, 0.25) is 5.02 Å². The number of ether oxygens (including phenoxy) is 3. The molecule has 0 amide bonds. The molecule has 30 heavy (non-hydrogen) atoms. The highest BCUT2D eigenvalue weighted by Gasteiger charge is 2.42. The zero-order valence-electron chi connectivity index (χ0n) is 16.5. The maximum Gasteiger partial charge on any atom is 0.333 e. The maximum atomic E-state index is 11.5. The third-order valence-corrected chi connectivity index (χ3v) is 5.32. The van der Waals surface area contributed by atoms with Crippen LogP contribution in [0.25, 0.3) is 0 Å². The number of rotatable bonds is 5. The largest absolute Gasteiger partial charge is 0.497 e. The van der Waals surface area contributed by atoms with E-state index in [2.05, 4.69) is 4.74 Å². The Morgan fingerprint density at radius 3 is 2.43 bits per heavy atom. The second-order valence-corrected chi connectivity index (χ2v) is 7.32. The molecule has 0 radical (unpaired) electrons. The lowest BCUT2D eigenvalue weighted by Crippen LogP contribution is -2.48. The molecule has 1 aliphatic heterocycles. The molecule has 2 aromatic carbocycles. The third-order valence-electron chi connectivity index (χ3n) is 4.95. The quantitative estimate of drug-likeness (QED) is 0.489. The Hall–Kier alpha value is -2.58. The van der Waals surface area contributed by atoms with Crippen LogP contribution in [0.15, 0.2) is 54.3 Å². The first kappa shape index (κ1) is 22.1. The van der Waals surface area contributed by atoms with Gasteiger partial charge in [-0.2, -0.15) is 0 Å². The molecule has 1 heterocycles. The zero-order chi connectivity index (χ0) is 21.8. The van der Waals surface area contributed by atoms with Crippen molar-refractivity contribution in [2.24, 2.45) is 0 Å². The Morgan fingerprint density at radius 2 is 1.80 bits per heavy atom. The van der Waals surface area contributed by atoms with Gasteiger partial charge in [0.1, 0.15) is 29.8 Å². The van der Waals surface area contributed by atoms with Gasteiger partial charge in [0.15, 0.2) is 6.10 Å². The van der Waals surface area contributed by atoms with Crippen LogP contribution in [0.3, 0.4) is 0 Å². The summed E-state index contributed by atoms with van der Waals surface area (Å²) in [7, 11) is 2.78. The first-order valence-corrected chi connectivity index (χ1v) is 9.63. The van der Waals surface area contributed by atoms with Crippen LogP contribution >= 0.6 is 11.6 Å². The Kier molecular flexibility index (Phi) is 6.99. The van der Waals surface area contributed by atoms with Crippen LogP contribution in [0, 0.1) is 0 Å². The van der Waals surface area contributed by atoms with E-state index in [9.17, 15) is 20.1 Å². The summed E-state index contributed by atoms with van der Waals surface area (Å²) in [4.78, 5) is 11.5. The molecule has 0 saturated carbocycles. The number of carbonyl (C=O) groups is 1. The van der Waals surface area contributed by atoms with Crippen LogP contribution in [0.4, 0.5) is 0 Å². The topological polar surface area (TPSA) is 105 Å². The Balaban J connectivity index is 1.89. The number of esters is 1. The molecule has 2 aromatic rings. The predicted molar refractivity (Wildman–Crippen MR) is 109 cm³/mol. The summed E-state index contributed by atoms with van der Waals surface area (Å²) < 4.78 is 15.4. The minimum atomic E-state index is -1.55. The number of benzene rings is 2. The lowest BCUT2D eigenvalue weighted by atomic mass is 9.91. The van der Waals surface area contributed by atoms with Crippen molar-refractivity contribution in [3.63, 3.8) is 0 Å². The third kappa shape index (κ3) is 4.76. The average Bonchev–Trinajstić information content (AvgIpc) is 2.76. The molecular weight excluding hydrogens is 412 g/mol. The summed E-state index contributed by atoms with van der Waals surface area (Å²) >= 11 is 6.36. The van der Waals surface area contributed by atoms with E-state index in [1.165, 1.54) is 7.11 Å². The number of carbonyl (C=O) groups excluding carboxylic acids is 1. The number of hydrogen-bond acceptors (Lipinski definition) is 7.